The number of oxazole rings is 1. The highest BCUT2D eigenvalue weighted by Crippen LogP contribution is 2.16. The van der Waals surface area contributed by atoms with E-state index in [9.17, 15) is 4.39 Å². The van der Waals surface area contributed by atoms with E-state index in [2.05, 4.69) is 15.5 Å². The normalized spacial score (nSPS) is 10.6. The van der Waals surface area contributed by atoms with Crippen molar-refractivity contribution in [2.45, 2.75) is 13.3 Å². The fourth-order valence-corrected chi connectivity index (χ4v) is 1.38. The van der Waals surface area contributed by atoms with Crippen molar-refractivity contribution in [3.63, 3.8) is 0 Å². The summed E-state index contributed by atoms with van der Waals surface area (Å²) in [4.78, 5) is 3.97. The Kier molecular flexibility index (Phi) is 3.88. The molecule has 0 spiro atoms. The molecule has 0 saturated carbocycles. The summed E-state index contributed by atoms with van der Waals surface area (Å²) in [5.74, 6) is 0.369. The van der Waals surface area contributed by atoms with Crippen LogP contribution in [0.4, 0.5) is 10.3 Å². The van der Waals surface area contributed by atoms with Crippen LogP contribution in [-0.2, 0) is 6.42 Å². The molecule has 1 heterocycles. The number of nitriles is 1. The van der Waals surface area contributed by atoms with Crippen LogP contribution in [0.5, 0.6) is 0 Å². The topological polar surface area (TPSA) is 74.2 Å². The van der Waals surface area contributed by atoms with Crippen LogP contribution in [0.25, 0.3) is 0 Å². The summed E-state index contributed by atoms with van der Waals surface area (Å²) in [7, 11) is 0. The molecular weight excluding hydrogens is 247 g/mol. The lowest BCUT2D eigenvalue weighted by molar-refractivity contribution is 0.513. The van der Waals surface area contributed by atoms with Gasteiger partial charge >= 0.3 is 0 Å². The number of aryl methyl sites for hydroxylation is 1. The molecule has 0 radical (unpaired) electrons. The van der Waals surface area contributed by atoms with Crippen molar-refractivity contribution in [2.75, 3.05) is 5.43 Å². The molecule has 0 aliphatic carbocycles. The van der Waals surface area contributed by atoms with E-state index in [-0.39, 0.29) is 17.4 Å². The van der Waals surface area contributed by atoms with Crippen molar-refractivity contribution in [3.8, 4) is 6.07 Å². The van der Waals surface area contributed by atoms with E-state index in [1.165, 1.54) is 18.3 Å². The third-order valence-corrected chi connectivity index (χ3v) is 2.33. The molecule has 1 aromatic heterocycles. The molecule has 0 fully saturated rings. The van der Waals surface area contributed by atoms with Crippen LogP contribution in [0.1, 0.15) is 24.1 Å². The van der Waals surface area contributed by atoms with E-state index in [0.29, 0.717) is 12.3 Å². The number of hydrogen-bond acceptors (Lipinski definition) is 5. The van der Waals surface area contributed by atoms with Crippen LogP contribution < -0.4 is 5.43 Å². The van der Waals surface area contributed by atoms with E-state index in [4.69, 9.17) is 9.68 Å². The fraction of sp³-hybridized carbons (Fsp3) is 0.154. The Labute approximate surface area is 109 Å². The number of anilines is 1. The second-order valence-corrected chi connectivity index (χ2v) is 3.67. The zero-order valence-corrected chi connectivity index (χ0v) is 10.2. The Morgan fingerprint density at radius 3 is 2.84 bits per heavy atom. The van der Waals surface area contributed by atoms with E-state index in [0.717, 1.165) is 5.56 Å². The van der Waals surface area contributed by atoms with E-state index in [1.807, 2.05) is 13.0 Å². The van der Waals surface area contributed by atoms with Crippen molar-refractivity contribution in [2.24, 2.45) is 5.10 Å². The molecule has 0 aliphatic heterocycles. The Morgan fingerprint density at radius 1 is 1.47 bits per heavy atom. The van der Waals surface area contributed by atoms with Gasteiger partial charge in [-0.15, -0.1) is 0 Å². The molecule has 2 aromatic rings. The van der Waals surface area contributed by atoms with Crippen molar-refractivity contribution in [1.82, 2.24) is 4.98 Å². The number of hydrazone groups is 1. The Hall–Kier alpha value is -2.68. The van der Waals surface area contributed by atoms with E-state index >= 15 is 0 Å². The third-order valence-electron chi connectivity index (χ3n) is 2.33. The molecule has 0 saturated heterocycles. The van der Waals surface area contributed by atoms with Gasteiger partial charge in [-0.3, -0.25) is 0 Å². The van der Waals surface area contributed by atoms with Crippen LogP contribution in [0.2, 0.25) is 0 Å². The zero-order valence-electron chi connectivity index (χ0n) is 10.2. The smallest absolute Gasteiger partial charge is 0.252 e. The quantitative estimate of drug-likeness (QED) is 0.675. The highest BCUT2D eigenvalue weighted by Gasteiger charge is 2.10. The number of nitrogens with zero attached hydrogens (tertiary/aromatic N) is 3. The predicted molar refractivity (Wildman–Crippen MR) is 68.2 cm³/mol. The molecule has 1 aromatic carbocycles. The van der Waals surface area contributed by atoms with Crippen LogP contribution in [-0.4, -0.2) is 11.2 Å². The maximum absolute atomic E-state index is 12.7. The Balaban J connectivity index is 2.08. The van der Waals surface area contributed by atoms with Crippen LogP contribution in [0.3, 0.4) is 0 Å². The summed E-state index contributed by atoms with van der Waals surface area (Å²) in [6.45, 7) is 1.87. The molecule has 0 amide bonds. The second-order valence-electron chi connectivity index (χ2n) is 3.67. The summed E-state index contributed by atoms with van der Waals surface area (Å²) in [5.41, 5.74) is 3.49. The van der Waals surface area contributed by atoms with Gasteiger partial charge in [0.25, 0.3) is 5.88 Å². The summed E-state index contributed by atoms with van der Waals surface area (Å²) < 4.78 is 18.0. The first kappa shape index (κ1) is 12.8. The van der Waals surface area contributed by atoms with Crippen LogP contribution in [0.15, 0.2) is 33.8 Å². The second kappa shape index (κ2) is 5.78. The van der Waals surface area contributed by atoms with Crippen molar-refractivity contribution >= 4 is 12.1 Å². The molecule has 0 aliphatic rings. The van der Waals surface area contributed by atoms with Crippen LogP contribution in [0, 0.1) is 17.1 Å². The molecule has 5 nitrogen and oxygen atoms in total. The number of nitrogens with one attached hydrogen (secondary N) is 1. The minimum absolute atomic E-state index is 0.160. The molecule has 2 rings (SSSR count). The Morgan fingerprint density at radius 2 is 2.21 bits per heavy atom. The lowest BCUT2D eigenvalue weighted by atomic mass is 10.2. The van der Waals surface area contributed by atoms with Crippen molar-refractivity contribution < 1.29 is 8.81 Å². The minimum Gasteiger partial charge on any atom is -0.422 e. The summed E-state index contributed by atoms with van der Waals surface area (Å²) in [6.07, 6.45) is 2.09. The average molecular weight is 258 g/mol. The van der Waals surface area contributed by atoms with Gasteiger partial charge in [-0.2, -0.15) is 10.4 Å². The van der Waals surface area contributed by atoms with Gasteiger partial charge in [0.1, 0.15) is 11.9 Å². The molecule has 6 heteroatoms. The number of rotatable bonds is 4. The molecule has 0 unspecified atom stereocenters. The van der Waals surface area contributed by atoms with E-state index in [1.54, 1.807) is 12.1 Å². The molecular formula is C13H11FN4O. The van der Waals surface area contributed by atoms with Gasteiger partial charge in [0.2, 0.25) is 5.69 Å². The zero-order chi connectivity index (χ0) is 13.7. The Bertz CT molecular complexity index is 625. The van der Waals surface area contributed by atoms with E-state index < -0.39 is 0 Å². The maximum Gasteiger partial charge on any atom is 0.252 e. The van der Waals surface area contributed by atoms with Gasteiger partial charge in [0.15, 0.2) is 5.89 Å². The number of hydrogen-bond donors (Lipinski definition) is 1. The molecule has 96 valence electrons. The highest BCUT2D eigenvalue weighted by molar-refractivity contribution is 5.80. The first-order valence-electron chi connectivity index (χ1n) is 5.67. The lowest BCUT2D eigenvalue weighted by Crippen LogP contribution is -1.91. The van der Waals surface area contributed by atoms with Gasteiger partial charge in [-0.1, -0.05) is 19.1 Å². The van der Waals surface area contributed by atoms with Gasteiger partial charge in [-0.25, -0.2) is 14.8 Å². The molecule has 1 N–H and O–H groups in total. The molecule has 0 bridgehead atoms. The van der Waals surface area contributed by atoms with Gasteiger partial charge in [0.05, 0.1) is 6.21 Å². The highest BCUT2D eigenvalue weighted by atomic mass is 19.1. The van der Waals surface area contributed by atoms with Crippen molar-refractivity contribution in [3.05, 3.63) is 47.2 Å². The fourth-order valence-electron chi connectivity index (χ4n) is 1.38. The van der Waals surface area contributed by atoms with Gasteiger partial charge in [0, 0.05) is 6.42 Å². The first-order chi connectivity index (χ1) is 9.22. The number of benzene rings is 1. The van der Waals surface area contributed by atoms with Crippen LogP contribution >= 0.6 is 0 Å². The minimum atomic E-state index is -0.306. The predicted octanol–water partition coefficient (Wildman–Crippen LogP) is 2.69. The first-order valence-corrected chi connectivity index (χ1v) is 5.67. The number of halogens is 1. The average Bonchev–Trinajstić information content (AvgIpc) is 2.83. The third kappa shape index (κ3) is 3.16. The summed E-state index contributed by atoms with van der Waals surface area (Å²) in [6, 6.07) is 7.77. The number of aromatic nitrogens is 1. The SMILES string of the molecule is CCc1nc(C#N)c(NN=Cc2ccc(F)cc2)o1. The summed E-state index contributed by atoms with van der Waals surface area (Å²) in [5, 5.41) is 12.8. The largest absolute Gasteiger partial charge is 0.422 e. The van der Waals surface area contributed by atoms with Gasteiger partial charge < -0.3 is 4.42 Å². The molecule has 19 heavy (non-hydrogen) atoms. The maximum atomic E-state index is 12.7. The standard InChI is InChI=1S/C13H11FN4O/c1-2-12-17-11(7-15)13(19-12)18-16-8-9-3-5-10(14)6-4-9/h3-6,8,18H,2H2,1H3. The monoisotopic (exact) mass is 258 g/mol. The molecule has 0 atom stereocenters. The van der Waals surface area contributed by atoms with Crippen molar-refractivity contribution in [1.29, 1.82) is 5.26 Å². The summed E-state index contributed by atoms with van der Waals surface area (Å²) >= 11 is 0. The lowest BCUT2D eigenvalue weighted by Gasteiger charge is -1.95. The van der Waals surface area contributed by atoms with Gasteiger partial charge in [-0.05, 0) is 17.7 Å².